The van der Waals surface area contributed by atoms with E-state index in [1.54, 1.807) is 0 Å². The fourth-order valence-electron chi connectivity index (χ4n) is 1.57. The Balaban J connectivity index is 2.33. The topological polar surface area (TPSA) is 91.8 Å². The van der Waals surface area contributed by atoms with Crippen LogP contribution in [0.1, 0.15) is 17.2 Å². The van der Waals surface area contributed by atoms with E-state index in [9.17, 15) is 9.18 Å². The number of rotatable bonds is 4. The molecular formula is C12H8ClFN4OS. The second-order valence-electron chi connectivity index (χ2n) is 3.82. The zero-order valence-electron chi connectivity index (χ0n) is 9.93. The fourth-order valence-corrected chi connectivity index (χ4v) is 2.53. The highest BCUT2D eigenvalue weighted by Gasteiger charge is 2.21. The van der Waals surface area contributed by atoms with Gasteiger partial charge in [-0.1, -0.05) is 23.7 Å². The number of nitrogens with one attached hydrogen (secondary N) is 1. The molecule has 2 rings (SSSR count). The van der Waals surface area contributed by atoms with E-state index in [4.69, 9.17) is 22.6 Å². The Kier molecular flexibility index (Phi) is 4.17. The van der Waals surface area contributed by atoms with Gasteiger partial charge in [0.05, 0.1) is 0 Å². The highest BCUT2D eigenvalue weighted by Crippen LogP contribution is 2.30. The molecule has 3 N–H and O–H groups in total. The Morgan fingerprint density at radius 1 is 1.50 bits per heavy atom. The first-order chi connectivity index (χ1) is 9.52. The molecule has 1 aromatic carbocycles. The predicted octanol–water partition coefficient (Wildman–Crippen LogP) is 2.45. The van der Waals surface area contributed by atoms with Crippen molar-refractivity contribution in [3.05, 3.63) is 46.4 Å². The number of nitrogens with zero attached hydrogens (tertiary/aromatic N) is 2. The summed E-state index contributed by atoms with van der Waals surface area (Å²) >= 11 is 6.69. The van der Waals surface area contributed by atoms with E-state index in [0.29, 0.717) is 10.6 Å². The van der Waals surface area contributed by atoms with Crippen molar-refractivity contribution in [2.45, 2.75) is 6.04 Å². The minimum absolute atomic E-state index is 0.0577. The Hall–Kier alpha value is -2.17. The minimum Gasteiger partial charge on any atom is -0.368 e. The first kappa shape index (κ1) is 14.2. The van der Waals surface area contributed by atoms with Gasteiger partial charge in [-0.25, -0.2) is 4.39 Å². The molecule has 1 unspecified atom stereocenters. The molecule has 0 saturated heterocycles. The van der Waals surface area contributed by atoms with Crippen LogP contribution in [0.15, 0.2) is 24.3 Å². The van der Waals surface area contributed by atoms with E-state index in [2.05, 4.69) is 9.69 Å². The lowest BCUT2D eigenvalue weighted by atomic mass is 10.1. The number of amides is 1. The standard InChI is InChI=1S/C12H8ClFN4OS/c13-10-8(5-15)12(20-18-10)17-9(11(16)19)6-1-3-7(14)4-2-6/h1-4,9,17H,(H2,16,19). The van der Waals surface area contributed by atoms with Crippen LogP contribution in [-0.4, -0.2) is 10.3 Å². The van der Waals surface area contributed by atoms with Crippen molar-refractivity contribution in [2.24, 2.45) is 5.73 Å². The van der Waals surface area contributed by atoms with Crippen LogP contribution >= 0.6 is 23.1 Å². The van der Waals surface area contributed by atoms with E-state index in [0.717, 1.165) is 11.5 Å². The van der Waals surface area contributed by atoms with Gasteiger partial charge < -0.3 is 11.1 Å². The third-order valence-electron chi connectivity index (χ3n) is 2.53. The second kappa shape index (κ2) is 5.86. The van der Waals surface area contributed by atoms with E-state index < -0.39 is 17.8 Å². The van der Waals surface area contributed by atoms with Gasteiger partial charge in [0.15, 0.2) is 5.15 Å². The van der Waals surface area contributed by atoms with Gasteiger partial charge in [0, 0.05) is 0 Å². The van der Waals surface area contributed by atoms with Crippen molar-refractivity contribution in [3.8, 4) is 6.07 Å². The molecule has 0 aliphatic heterocycles. The van der Waals surface area contributed by atoms with Gasteiger partial charge in [-0.15, -0.1) is 0 Å². The molecular weight excluding hydrogens is 303 g/mol. The van der Waals surface area contributed by atoms with Crippen LogP contribution in [0.4, 0.5) is 9.39 Å². The number of nitriles is 1. The number of carbonyl (C=O) groups excluding carboxylic acids is 1. The summed E-state index contributed by atoms with van der Waals surface area (Å²) in [6.45, 7) is 0. The zero-order chi connectivity index (χ0) is 14.7. The van der Waals surface area contributed by atoms with Gasteiger partial charge >= 0.3 is 0 Å². The van der Waals surface area contributed by atoms with Crippen molar-refractivity contribution >= 4 is 34.0 Å². The number of primary amides is 1. The van der Waals surface area contributed by atoms with Gasteiger partial charge in [0.25, 0.3) is 0 Å². The van der Waals surface area contributed by atoms with E-state index in [1.165, 1.54) is 24.3 Å². The lowest BCUT2D eigenvalue weighted by molar-refractivity contribution is -0.118. The molecule has 20 heavy (non-hydrogen) atoms. The number of halogens is 2. The molecule has 8 heteroatoms. The molecule has 0 aliphatic rings. The molecule has 0 radical (unpaired) electrons. The summed E-state index contributed by atoms with van der Waals surface area (Å²) in [5, 5.41) is 12.2. The molecule has 1 atom stereocenters. The van der Waals surface area contributed by atoms with Crippen molar-refractivity contribution < 1.29 is 9.18 Å². The number of hydrogen-bond acceptors (Lipinski definition) is 5. The quantitative estimate of drug-likeness (QED) is 0.907. The molecule has 102 valence electrons. The predicted molar refractivity (Wildman–Crippen MR) is 73.8 cm³/mol. The molecule has 0 bridgehead atoms. The first-order valence-corrected chi connectivity index (χ1v) is 6.54. The van der Waals surface area contributed by atoms with Gasteiger partial charge in [-0.2, -0.15) is 9.64 Å². The fraction of sp³-hybridized carbons (Fsp3) is 0.0833. The van der Waals surface area contributed by atoms with Crippen molar-refractivity contribution in [3.63, 3.8) is 0 Å². The number of hydrogen-bond donors (Lipinski definition) is 2. The molecule has 1 aromatic heterocycles. The van der Waals surface area contributed by atoms with Gasteiger partial charge in [-0.05, 0) is 29.2 Å². The highest BCUT2D eigenvalue weighted by molar-refractivity contribution is 7.10. The monoisotopic (exact) mass is 310 g/mol. The van der Waals surface area contributed by atoms with Crippen molar-refractivity contribution in [1.29, 1.82) is 5.26 Å². The normalized spacial score (nSPS) is 11.7. The zero-order valence-corrected chi connectivity index (χ0v) is 11.5. The number of benzene rings is 1. The van der Waals surface area contributed by atoms with E-state index in [-0.39, 0.29) is 10.7 Å². The molecule has 2 aromatic rings. The average Bonchev–Trinajstić information content (AvgIpc) is 2.77. The second-order valence-corrected chi connectivity index (χ2v) is 4.95. The number of nitrogens with two attached hydrogens (primary N) is 1. The van der Waals surface area contributed by atoms with Crippen molar-refractivity contribution in [2.75, 3.05) is 5.32 Å². The summed E-state index contributed by atoms with van der Waals surface area (Å²) < 4.78 is 16.7. The van der Waals surface area contributed by atoms with Crippen LogP contribution in [0.3, 0.4) is 0 Å². The summed E-state index contributed by atoms with van der Waals surface area (Å²) in [6, 6.07) is 6.30. The Morgan fingerprint density at radius 2 is 2.15 bits per heavy atom. The van der Waals surface area contributed by atoms with Gasteiger partial charge in [0.1, 0.15) is 28.5 Å². The van der Waals surface area contributed by atoms with Crippen LogP contribution in [0.25, 0.3) is 0 Å². The van der Waals surface area contributed by atoms with E-state index >= 15 is 0 Å². The molecule has 1 heterocycles. The summed E-state index contributed by atoms with van der Waals surface area (Å²) in [6.07, 6.45) is 0. The van der Waals surface area contributed by atoms with Crippen LogP contribution in [0.2, 0.25) is 5.15 Å². The summed E-state index contributed by atoms with van der Waals surface area (Å²) in [5.74, 6) is -1.08. The van der Waals surface area contributed by atoms with Gasteiger partial charge in [0.2, 0.25) is 5.91 Å². The molecule has 1 amide bonds. The largest absolute Gasteiger partial charge is 0.368 e. The summed E-state index contributed by atoms with van der Waals surface area (Å²) in [7, 11) is 0. The van der Waals surface area contributed by atoms with Crippen molar-refractivity contribution in [1.82, 2.24) is 4.37 Å². The lowest BCUT2D eigenvalue weighted by Crippen LogP contribution is -2.27. The first-order valence-electron chi connectivity index (χ1n) is 5.39. The molecule has 0 spiro atoms. The molecule has 5 nitrogen and oxygen atoms in total. The minimum atomic E-state index is -0.904. The SMILES string of the molecule is N#Cc1c(Cl)nsc1NC(C(N)=O)c1ccc(F)cc1. The smallest absolute Gasteiger partial charge is 0.244 e. The maximum atomic E-state index is 12.9. The molecule has 0 saturated carbocycles. The Bertz CT molecular complexity index is 680. The third kappa shape index (κ3) is 2.87. The van der Waals surface area contributed by atoms with Gasteiger partial charge in [-0.3, -0.25) is 4.79 Å². The van der Waals surface area contributed by atoms with Crippen LogP contribution in [0.5, 0.6) is 0 Å². The van der Waals surface area contributed by atoms with Crippen LogP contribution in [-0.2, 0) is 4.79 Å². The number of anilines is 1. The molecule has 0 aliphatic carbocycles. The summed E-state index contributed by atoms with van der Waals surface area (Å²) in [5.41, 5.74) is 5.95. The lowest BCUT2D eigenvalue weighted by Gasteiger charge is -2.15. The maximum absolute atomic E-state index is 12.9. The Labute approximate surface area is 122 Å². The third-order valence-corrected chi connectivity index (χ3v) is 3.68. The highest BCUT2D eigenvalue weighted by atomic mass is 35.5. The maximum Gasteiger partial charge on any atom is 0.244 e. The summed E-state index contributed by atoms with van der Waals surface area (Å²) in [4.78, 5) is 11.5. The number of carbonyl (C=O) groups is 1. The Morgan fingerprint density at radius 3 is 2.70 bits per heavy atom. The van der Waals surface area contributed by atoms with Crippen LogP contribution < -0.4 is 11.1 Å². The van der Waals surface area contributed by atoms with E-state index in [1.807, 2.05) is 6.07 Å². The average molecular weight is 311 g/mol. The van der Waals surface area contributed by atoms with Crippen LogP contribution in [0, 0.1) is 17.1 Å². The number of aromatic nitrogens is 1. The molecule has 0 fully saturated rings.